The Kier molecular flexibility index (Phi) is 5.20. The fraction of sp³-hybridized carbons (Fsp3) is 0.375. The predicted molar refractivity (Wildman–Crippen MR) is 121 cm³/mol. The predicted octanol–water partition coefficient (Wildman–Crippen LogP) is 2.85. The highest BCUT2D eigenvalue weighted by molar-refractivity contribution is 6.01. The van der Waals surface area contributed by atoms with Gasteiger partial charge in [0.15, 0.2) is 11.5 Å². The van der Waals surface area contributed by atoms with E-state index in [1.54, 1.807) is 18.9 Å². The molecule has 0 unspecified atom stereocenters. The summed E-state index contributed by atoms with van der Waals surface area (Å²) in [4.78, 5) is 36.1. The number of anilines is 2. The van der Waals surface area contributed by atoms with Gasteiger partial charge in [0.25, 0.3) is 0 Å². The molecule has 8 heteroatoms. The van der Waals surface area contributed by atoms with Crippen molar-refractivity contribution >= 4 is 34.3 Å². The number of aryl methyl sites for hydroxylation is 1. The third-order valence-corrected chi connectivity index (χ3v) is 6.29. The van der Waals surface area contributed by atoms with Crippen LogP contribution in [0.25, 0.3) is 11.1 Å². The summed E-state index contributed by atoms with van der Waals surface area (Å²) in [5.74, 6) is 1.14. The molecule has 1 atom stereocenters. The second kappa shape index (κ2) is 8.18. The first kappa shape index (κ1) is 20.4. The van der Waals surface area contributed by atoms with E-state index in [2.05, 4.69) is 9.88 Å². The number of rotatable bonds is 4. The molecule has 0 radical (unpaired) electrons. The molecule has 2 aliphatic heterocycles. The van der Waals surface area contributed by atoms with Crippen LogP contribution in [0.15, 0.2) is 46.9 Å². The molecule has 0 saturated carbocycles. The first-order chi connectivity index (χ1) is 15.5. The molecule has 0 aliphatic carbocycles. The Balaban J connectivity index is 1.22. The number of amides is 2. The molecular formula is C24H26N4O4. The lowest BCUT2D eigenvalue weighted by atomic mass is 10.1. The number of carbonyl (C=O) groups excluding carboxylic acids is 2. The van der Waals surface area contributed by atoms with Crippen LogP contribution in [0.1, 0.15) is 12.3 Å². The number of ether oxygens (including phenoxy) is 1. The van der Waals surface area contributed by atoms with Gasteiger partial charge in [-0.2, -0.15) is 0 Å². The van der Waals surface area contributed by atoms with Gasteiger partial charge in [-0.3, -0.25) is 9.59 Å². The van der Waals surface area contributed by atoms with E-state index in [0.717, 1.165) is 35.7 Å². The molecule has 32 heavy (non-hydrogen) atoms. The van der Waals surface area contributed by atoms with E-state index in [1.807, 2.05) is 47.4 Å². The van der Waals surface area contributed by atoms with Gasteiger partial charge in [-0.1, -0.05) is 0 Å². The largest absolute Gasteiger partial charge is 0.497 e. The van der Waals surface area contributed by atoms with Crippen molar-refractivity contribution in [3.8, 4) is 5.75 Å². The Morgan fingerprint density at radius 3 is 2.50 bits per heavy atom. The third kappa shape index (κ3) is 3.77. The van der Waals surface area contributed by atoms with Crippen LogP contribution in [0.3, 0.4) is 0 Å². The maximum atomic E-state index is 13.1. The van der Waals surface area contributed by atoms with Gasteiger partial charge in [-0.25, -0.2) is 4.98 Å². The highest BCUT2D eigenvalue weighted by Crippen LogP contribution is 2.30. The van der Waals surface area contributed by atoms with E-state index in [0.29, 0.717) is 31.1 Å². The molecule has 3 heterocycles. The maximum Gasteiger partial charge on any atom is 0.228 e. The molecule has 8 nitrogen and oxygen atoms in total. The number of nitrogens with zero attached hydrogens (tertiary/aromatic N) is 4. The van der Waals surface area contributed by atoms with Crippen molar-refractivity contribution in [1.29, 1.82) is 0 Å². The number of methoxy groups -OCH3 is 1. The third-order valence-electron chi connectivity index (χ3n) is 6.29. The number of piperazine rings is 1. The van der Waals surface area contributed by atoms with Crippen LogP contribution in [0, 0.1) is 12.8 Å². The van der Waals surface area contributed by atoms with Crippen molar-refractivity contribution in [3.63, 3.8) is 0 Å². The van der Waals surface area contributed by atoms with E-state index >= 15 is 0 Å². The summed E-state index contributed by atoms with van der Waals surface area (Å²) in [7, 11) is 1.65. The highest BCUT2D eigenvalue weighted by Gasteiger charge is 2.38. The molecular weight excluding hydrogens is 408 g/mol. The summed E-state index contributed by atoms with van der Waals surface area (Å²) in [6, 6.07) is 13.5. The molecule has 166 valence electrons. The molecule has 3 aromatic rings. The number of hydrogen-bond donors (Lipinski definition) is 0. The van der Waals surface area contributed by atoms with Crippen molar-refractivity contribution in [3.05, 3.63) is 48.4 Å². The molecule has 0 spiro atoms. The van der Waals surface area contributed by atoms with Crippen molar-refractivity contribution in [2.45, 2.75) is 13.3 Å². The summed E-state index contributed by atoms with van der Waals surface area (Å²) >= 11 is 0. The van der Waals surface area contributed by atoms with Gasteiger partial charge in [-0.05, 0) is 42.5 Å². The average molecular weight is 434 g/mol. The van der Waals surface area contributed by atoms with E-state index < -0.39 is 0 Å². The Bertz CT molecular complexity index is 1150. The number of carbonyl (C=O) groups is 2. The minimum Gasteiger partial charge on any atom is -0.497 e. The summed E-state index contributed by atoms with van der Waals surface area (Å²) in [5.41, 5.74) is 3.30. The zero-order chi connectivity index (χ0) is 22.2. The normalized spacial score (nSPS) is 19.1. The van der Waals surface area contributed by atoms with E-state index in [4.69, 9.17) is 9.15 Å². The van der Waals surface area contributed by atoms with Crippen molar-refractivity contribution in [2.75, 3.05) is 49.6 Å². The highest BCUT2D eigenvalue weighted by atomic mass is 16.5. The van der Waals surface area contributed by atoms with Gasteiger partial charge in [0.05, 0.1) is 13.0 Å². The first-order valence-corrected chi connectivity index (χ1v) is 10.9. The molecule has 2 aliphatic rings. The SMILES string of the molecule is COc1ccc(N2CCN(C(=O)[C@H]3CC(=O)N(c4ccc5oc(C)nc5c4)C3)CC2)cc1. The van der Waals surface area contributed by atoms with Crippen LogP contribution in [-0.2, 0) is 9.59 Å². The van der Waals surface area contributed by atoms with Crippen LogP contribution < -0.4 is 14.5 Å². The molecule has 0 bridgehead atoms. The van der Waals surface area contributed by atoms with Crippen LogP contribution in [0.2, 0.25) is 0 Å². The van der Waals surface area contributed by atoms with Crippen molar-refractivity contribution in [1.82, 2.24) is 9.88 Å². The Labute approximate surface area is 186 Å². The number of fused-ring (bicyclic) bond motifs is 1. The van der Waals surface area contributed by atoms with Crippen LogP contribution in [0.5, 0.6) is 5.75 Å². The van der Waals surface area contributed by atoms with Crippen LogP contribution in [0.4, 0.5) is 11.4 Å². The van der Waals surface area contributed by atoms with Crippen molar-refractivity contribution in [2.24, 2.45) is 5.92 Å². The van der Waals surface area contributed by atoms with E-state index in [9.17, 15) is 9.59 Å². The Hall–Kier alpha value is -3.55. The quantitative estimate of drug-likeness (QED) is 0.628. The lowest BCUT2D eigenvalue weighted by Crippen LogP contribution is -2.50. The van der Waals surface area contributed by atoms with E-state index in [1.165, 1.54) is 0 Å². The maximum absolute atomic E-state index is 13.1. The zero-order valence-corrected chi connectivity index (χ0v) is 18.3. The fourth-order valence-corrected chi connectivity index (χ4v) is 4.56. The van der Waals surface area contributed by atoms with Gasteiger partial charge in [0.2, 0.25) is 11.8 Å². The van der Waals surface area contributed by atoms with Crippen LogP contribution >= 0.6 is 0 Å². The molecule has 5 rings (SSSR count). The molecule has 2 saturated heterocycles. The molecule has 2 fully saturated rings. The molecule has 1 aromatic heterocycles. The standard InChI is InChI=1S/C24H26N4O4/c1-16-25-21-14-19(5-8-22(21)32-16)28-15-17(13-23(28)29)24(30)27-11-9-26(10-12-27)18-3-6-20(31-2)7-4-18/h3-8,14,17H,9-13,15H2,1-2H3/t17-/m0/s1. The smallest absolute Gasteiger partial charge is 0.228 e. The summed E-state index contributed by atoms with van der Waals surface area (Å²) < 4.78 is 10.7. The first-order valence-electron chi connectivity index (χ1n) is 10.9. The van der Waals surface area contributed by atoms with Gasteiger partial charge in [-0.15, -0.1) is 0 Å². The average Bonchev–Trinajstić information content (AvgIpc) is 3.39. The van der Waals surface area contributed by atoms with E-state index in [-0.39, 0.29) is 24.2 Å². The second-order valence-corrected chi connectivity index (χ2v) is 8.30. The summed E-state index contributed by atoms with van der Waals surface area (Å²) in [6.07, 6.45) is 0.243. The molecule has 2 aromatic carbocycles. The van der Waals surface area contributed by atoms with Gasteiger partial charge in [0, 0.05) is 57.4 Å². The number of benzene rings is 2. The van der Waals surface area contributed by atoms with Crippen molar-refractivity contribution < 1.29 is 18.7 Å². The van der Waals surface area contributed by atoms with Crippen LogP contribution in [-0.4, -0.2) is 61.5 Å². The van der Waals surface area contributed by atoms with Gasteiger partial charge >= 0.3 is 0 Å². The lowest BCUT2D eigenvalue weighted by molar-refractivity contribution is -0.136. The number of hydrogen-bond acceptors (Lipinski definition) is 6. The second-order valence-electron chi connectivity index (χ2n) is 8.30. The summed E-state index contributed by atoms with van der Waals surface area (Å²) in [6.45, 7) is 5.04. The van der Waals surface area contributed by atoms with Gasteiger partial charge in [0.1, 0.15) is 11.3 Å². The topological polar surface area (TPSA) is 79.1 Å². The fourth-order valence-electron chi connectivity index (χ4n) is 4.56. The minimum atomic E-state index is -0.315. The van der Waals surface area contributed by atoms with Gasteiger partial charge < -0.3 is 23.9 Å². The number of oxazole rings is 1. The Morgan fingerprint density at radius 2 is 1.78 bits per heavy atom. The number of aromatic nitrogens is 1. The molecule has 0 N–H and O–H groups in total. The minimum absolute atomic E-state index is 0.0280. The zero-order valence-electron chi connectivity index (χ0n) is 18.3. The Morgan fingerprint density at radius 1 is 1.06 bits per heavy atom. The molecule has 2 amide bonds. The summed E-state index contributed by atoms with van der Waals surface area (Å²) in [5, 5.41) is 0. The lowest BCUT2D eigenvalue weighted by Gasteiger charge is -2.37. The monoisotopic (exact) mass is 434 g/mol.